The second kappa shape index (κ2) is 16.3. The summed E-state index contributed by atoms with van der Waals surface area (Å²) in [6, 6.07) is 3.21. The molecule has 0 spiro atoms. The SMILES string of the molecule is CCC1C[C@]1(NC(=O)[C@@H]1C[C@@H](Oc2cc(-c3csc(NC(C)C)n3)nc3c(Cl)c(OC)ccc23)CN1C(=O)C(NC(=O)OC1C[C@H]2CC[C@@H](C1)O2)C(C)(C)C)C(=O)O. The molecule has 8 atom stereocenters. The standard InChI is InChI=1S/C41H53ClN6O9S/c1-8-21-17-41(21,37(51)52)47-35(49)29-15-25(18-48(29)36(50)34(40(4,5)6)46-39(53)57-24-13-22-9-10-23(14-24)55-22)56-31-16-27(28-19-58-38(45-28)43-20(2)3)44-33-26(31)11-12-30(54-7)32(33)42/h11-12,16,19-25,29,34H,8-10,13-15,17-18H2,1-7H3,(H,43,45)(H,46,53)(H,47,49)(H,51,52)/t21?,22-,23+,24?,25-,29+,34?,41-/m1/s1. The molecule has 3 unspecified atom stereocenters. The van der Waals surface area contributed by atoms with E-state index in [-0.39, 0.29) is 54.7 Å². The number of anilines is 1. The Bertz CT molecular complexity index is 2060. The quantitative estimate of drug-likeness (QED) is 0.148. The number of nitrogens with zero attached hydrogens (tertiary/aromatic N) is 3. The number of carbonyl (C=O) groups is 4. The van der Waals surface area contributed by atoms with Crippen LogP contribution < -0.4 is 25.4 Å². The van der Waals surface area contributed by atoms with E-state index < -0.39 is 53.0 Å². The molecule has 3 saturated heterocycles. The Labute approximate surface area is 346 Å². The van der Waals surface area contributed by atoms with Gasteiger partial charge in [0.05, 0.1) is 37.1 Å². The Kier molecular flexibility index (Phi) is 11.7. The predicted octanol–water partition coefficient (Wildman–Crippen LogP) is 6.41. The smallest absolute Gasteiger partial charge is 0.408 e. The molecule has 314 valence electrons. The number of aliphatic carboxylic acids is 1. The van der Waals surface area contributed by atoms with E-state index in [9.17, 15) is 24.3 Å². The molecular formula is C41H53ClN6O9S. The fraction of sp³-hybridized carbons (Fsp3) is 0.610. The summed E-state index contributed by atoms with van der Waals surface area (Å²) in [4.78, 5) is 65.9. The maximum atomic E-state index is 14.8. The molecule has 2 bridgehead atoms. The zero-order chi connectivity index (χ0) is 41.7. The molecule has 17 heteroatoms. The molecule has 5 heterocycles. The van der Waals surface area contributed by atoms with Crippen molar-refractivity contribution in [2.24, 2.45) is 11.3 Å². The van der Waals surface area contributed by atoms with E-state index in [1.807, 2.05) is 46.9 Å². The van der Waals surface area contributed by atoms with E-state index in [1.54, 1.807) is 18.2 Å². The van der Waals surface area contributed by atoms with Gasteiger partial charge in [0, 0.05) is 42.1 Å². The van der Waals surface area contributed by atoms with Gasteiger partial charge in [-0.05, 0) is 56.6 Å². The van der Waals surface area contributed by atoms with Crippen molar-refractivity contribution in [2.75, 3.05) is 19.0 Å². The van der Waals surface area contributed by atoms with Crippen molar-refractivity contribution in [3.8, 4) is 22.9 Å². The number of benzene rings is 1. The lowest BCUT2D eigenvalue weighted by Crippen LogP contribution is -2.59. The van der Waals surface area contributed by atoms with E-state index in [4.69, 9.17) is 40.5 Å². The molecule has 1 aliphatic carbocycles. The number of pyridine rings is 1. The van der Waals surface area contributed by atoms with Gasteiger partial charge >= 0.3 is 12.1 Å². The van der Waals surface area contributed by atoms with Gasteiger partial charge in [0.15, 0.2) is 5.13 Å². The number of fused-ring (bicyclic) bond motifs is 3. The van der Waals surface area contributed by atoms with E-state index in [0.29, 0.717) is 53.1 Å². The van der Waals surface area contributed by atoms with E-state index in [0.717, 1.165) is 18.0 Å². The minimum atomic E-state index is -1.42. The van der Waals surface area contributed by atoms with Crippen LogP contribution in [0.1, 0.15) is 86.5 Å². The minimum absolute atomic E-state index is 0.0387. The third-order valence-corrected chi connectivity index (χ3v) is 12.7. The van der Waals surface area contributed by atoms with Crippen LogP contribution in [0.25, 0.3) is 22.3 Å². The number of nitrogens with one attached hydrogen (secondary N) is 3. The van der Waals surface area contributed by atoms with Crippen LogP contribution in [0.5, 0.6) is 11.5 Å². The van der Waals surface area contributed by atoms with Crippen molar-refractivity contribution in [3.63, 3.8) is 0 Å². The molecule has 3 amide bonds. The number of alkyl carbamates (subject to hydrolysis) is 1. The number of hydrogen-bond acceptors (Lipinski definition) is 12. The van der Waals surface area contributed by atoms with Crippen LogP contribution in [0.3, 0.4) is 0 Å². The highest BCUT2D eigenvalue weighted by molar-refractivity contribution is 7.14. The molecule has 15 nitrogen and oxygen atoms in total. The highest BCUT2D eigenvalue weighted by Gasteiger charge is 2.61. The van der Waals surface area contributed by atoms with E-state index >= 15 is 0 Å². The number of aromatic nitrogens is 2. The number of amides is 3. The molecule has 2 aromatic heterocycles. The Hall–Kier alpha value is -4.41. The first-order valence-electron chi connectivity index (χ1n) is 20.0. The summed E-state index contributed by atoms with van der Waals surface area (Å²) in [6.07, 6.45) is 2.26. The molecule has 3 aromatic rings. The molecule has 4 N–H and O–H groups in total. The van der Waals surface area contributed by atoms with Crippen molar-refractivity contribution in [1.82, 2.24) is 25.5 Å². The summed E-state index contributed by atoms with van der Waals surface area (Å²) >= 11 is 8.26. The van der Waals surface area contributed by atoms with Crippen LogP contribution in [0.4, 0.5) is 9.93 Å². The number of halogens is 1. The number of ether oxygens (including phenoxy) is 4. The van der Waals surface area contributed by atoms with Crippen molar-refractivity contribution >= 4 is 62.8 Å². The number of hydrogen-bond donors (Lipinski definition) is 4. The number of methoxy groups -OCH3 is 1. The van der Waals surface area contributed by atoms with Crippen LogP contribution in [0.2, 0.25) is 5.02 Å². The Morgan fingerprint density at radius 1 is 1.07 bits per heavy atom. The maximum absolute atomic E-state index is 14.8. The minimum Gasteiger partial charge on any atom is -0.495 e. The second-order valence-electron chi connectivity index (χ2n) is 17.3. The first kappa shape index (κ1) is 41.7. The normalized spacial score (nSPS) is 26.9. The molecule has 1 saturated carbocycles. The summed E-state index contributed by atoms with van der Waals surface area (Å²) in [5.74, 6) is -1.67. The lowest BCUT2D eigenvalue weighted by molar-refractivity contribution is -0.146. The van der Waals surface area contributed by atoms with Gasteiger partial charge in [0.2, 0.25) is 11.8 Å². The monoisotopic (exact) mass is 840 g/mol. The van der Waals surface area contributed by atoms with E-state index in [1.165, 1.54) is 23.3 Å². The molecule has 1 aromatic carbocycles. The Morgan fingerprint density at radius 2 is 1.79 bits per heavy atom. The molecule has 4 fully saturated rings. The Morgan fingerprint density at radius 3 is 2.41 bits per heavy atom. The lowest BCUT2D eigenvalue weighted by atomic mass is 9.85. The zero-order valence-electron chi connectivity index (χ0n) is 33.9. The molecular weight excluding hydrogens is 788 g/mol. The highest BCUT2D eigenvalue weighted by atomic mass is 35.5. The van der Waals surface area contributed by atoms with Gasteiger partial charge in [0.1, 0.15) is 52.0 Å². The summed E-state index contributed by atoms with van der Waals surface area (Å²) < 4.78 is 24.0. The maximum Gasteiger partial charge on any atom is 0.408 e. The van der Waals surface area contributed by atoms with Gasteiger partial charge in [0.25, 0.3) is 0 Å². The largest absolute Gasteiger partial charge is 0.495 e. The van der Waals surface area contributed by atoms with Crippen molar-refractivity contribution < 1.29 is 43.2 Å². The first-order chi connectivity index (χ1) is 27.5. The summed E-state index contributed by atoms with van der Waals surface area (Å²) in [7, 11) is 1.51. The number of thiazole rings is 1. The third kappa shape index (κ3) is 8.51. The molecule has 3 aliphatic heterocycles. The number of carboxylic acids is 1. The number of carboxylic acid groups (broad SMARTS) is 1. The number of likely N-dealkylation sites (tertiary alicyclic amines) is 1. The molecule has 7 rings (SSSR count). The number of rotatable bonds is 13. The van der Waals surface area contributed by atoms with Crippen LogP contribution >= 0.6 is 22.9 Å². The first-order valence-corrected chi connectivity index (χ1v) is 21.3. The fourth-order valence-electron chi connectivity index (χ4n) is 8.47. The topological polar surface area (TPSA) is 191 Å². The summed E-state index contributed by atoms with van der Waals surface area (Å²) in [5.41, 5.74) is -0.735. The van der Waals surface area contributed by atoms with Crippen LogP contribution in [-0.4, -0.2) is 106 Å². The van der Waals surface area contributed by atoms with Crippen molar-refractivity contribution in [3.05, 3.63) is 28.6 Å². The van der Waals surface area contributed by atoms with Crippen LogP contribution in [0, 0.1) is 11.3 Å². The van der Waals surface area contributed by atoms with Crippen molar-refractivity contribution in [2.45, 2.75) is 135 Å². The summed E-state index contributed by atoms with van der Waals surface area (Å²) in [6.45, 7) is 11.3. The molecule has 0 radical (unpaired) electrons. The van der Waals surface area contributed by atoms with Crippen LogP contribution in [0.15, 0.2) is 23.6 Å². The fourth-order valence-corrected chi connectivity index (χ4v) is 9.61. The second-order valence-corrected chi connectivity index (χ2v) is 18.5. The molecule has 4 aliphatic rings. The summed E-state index contributed by atoms with van der Waals surface area (Å²) in [5, 5.41) is 22.6. The van der Waals surface area contributed by atoms with Gasteiger partial charge in [-0.15, -0.1) is 11.3 Å². The van der Waals surface area contributed by atoms with Gasteiger partial charge in [-0.25, -0.2) is 19.6 Å². The average Bonchev–Trinajstić information content (AvgIpc) is 3.42. The lowest BCUT2D eigenvalue weighted by Gasteiger charge is -2.36. The molecule has 58 heavy (non-hydrogen) atoms. The number of carbonyl (C=O) groups excluding carboxylic acids is 3. The average molecular weight is 841 g/mol. The van der Waals surface area contributed by atoms with Gasteiger partial charge < -0.3 is 44.9 Å². The van der Waals surface area contributed by atoms with Crippen molar-refractivity contribution in [1.29, 1.82) is 0 Å². The highest BCUT2D eigenvalue weighted by Crippen LogP contribution is 2.47. The van der Waals surface area contributed by atoms with Gasteiger partial charge in [-0.3, -0.25) is 9.59 Å². The van der Waals surface area contributed by atoms with Gasteiger partial charge in [-0.1, -0.05) is 45.7 Å². The van der Waals surface area contributed by atoms with Crippen LogP contribution in [-0.2, 0) is 23.9 Å². The van der Waals surface area contributed by atoms with E-state index in [2.05, 4.69) is 16.0 Å². The third-order valence-electron chi connectivity index (χ3n) is 11.6. The Balaban J connectivity index is 1.19. The van der Waals surface area contributed by atoms with Gasteiger partial charge in [-0.2, -0.15) is 0 Å². The zero-order valence-corrected chi connectivity index (χ0v) is 35.5. The predicted molar refractivity (Wildman–Crippen MR) is 218 cm³/mol.